The molecule has 0 aliphatic heterocycles. The van der Waals surface area contributed by atoms with Gasteiger partial charge in [-0.1, -0.05) is 56.6 Å². The molecule has 0 saturated heterocycles. The minimum atomic E-state index is -0.828. The number of hydrogen-bond acceptors (Lipinski definition) is 3. The van der Waals surface area contributed by atoms with Gasteiger partial charge in [-0.15, -0.1) is 0 Å². The molecular weight excluding hydrogens is 316 g/mol. The van der Waals surface area contributed by atoms with Crippen molar-refractivity contribution in [2.24, 2.45) is 11.8 Å². The molecule has 4 nitrogen and oxygen atoms in total. The van der Waals surface area contributed by atoms with E-state index in [-0.39, 0.29) is 24.0 Å². The first-order chi connectivity index (χ1) is 11.9. The summed E-state index contributed by atoms with van der Waals surface area (Å²) < 4.78 is 0. The molecule has 25 heavy (non-hydrogen) atoms. The number of aliphatic carboxylic acids is 1. The average Bonchev–Trinajstić information content (AvgIpc) is 2.89. The minimum Gasteiger partial charge on any atom is -0.481 e. The molecule has 1 aliphatic rings. The highest BCUT2D eigenvalue weighted by molar-refractivity contribution is 5.95. The van der Waals surface area contributed by atoms with Gasteiger partial charge < -0.3 is 10.2 Å². The zero-order valence-corrected chi connectivity index (χ0v) is 15.5. The molecule has 2 N–H and O–H groups in total. The van der Waals surface area contributed by atoms with Crippen molar-refractivity contribution in [3.05, 3.63) is 36.5 Å². The Labute approximate surface area is 151 Å². The molecular formula is C21H32O4. The number of carboxylic acid groups (broad SMARTS) is 1. The molecule has 0 heterocycles. The van der Waals surface area contributed by atoms with E-state index in [4.69, 9.17) is 5.11 Å². The monoisotopic (exact) mass is 348 g/mol. The number of unbranched alkanes of at least 4 members (excludes halogenated alkanes) is 3. The second kappa shape index (κ2) is 11.0. The Morgan fingerprint density at radius 1 is 1.28 bits per heavy atom. The first-order valence-corrected chi connectivity index (χ1v) is 9.36. The summed E-state index contributed by atoms with van der Waals surface area (Å²) in [6, 6.07) is 0. The van der Waals surface area contributed by atoms with Crippen molar-refractivity contribution < 1.29 is 19.8 Å². The zero-order valence-electron chi connectivity index (χ0n) is 15.5. The number of carbonyl (C=O) groups excluding carboxylic acids is 1. The lowest BCUT2D eigenvalue weighted by atomic mass is 9.88. The molecule has 0 radical (unpaired) electrons. The third-order valence-corrected chi connectivity index (χ3v) is 4.59. The molecule has 0 aromatic carbocycles. The Hall–Kier alpha value is -1.68. The summed E-state index contributed by atoms with van der Waals surface area (Å²) in [5, 5.41) is 19.0. The van der Waals surface area contributed by atoms with Gasteiger partial charge in [0.25, 0.3) is 0 Å². The van der Waals surface area contributed by atoms with E-state index >= 15 is 0 Å². The summed E-state index contributed by atoms with van der Waals surface area (Å²) in [5.41, 5.74) is -0.828. The fraction of sp³-hybridized carbons (Fsp3) is 0.619. The van der Waals surface area contributed by atoms with E-state index in [0.717, 1.165) is 25.7 Å². The molecule has 0 fully saturated rings. The molecule has 0 spiro atoms. The van der Waals surface area contributed by atoms with Crippen molar-refractivity contribution >= 4 is 11.8 Å². The molecule has 0 aromatic rings. The maximum absolute atomic E-state index is 12.0. The van der Waals surface area contributed by atoms with Gasteiger partial charge in [0.1, 0.15) is 0 Å². The normalized spacial score (nSPS) is 22.9. The fourth-order valence-electron chi connectivity index (χ4n) is 2.99. The van der Waals surface area contributed by atoms with Crippen LogP contribution in [0.4, 0.5) is 0 Å². The van der Waals surface area contributed by atoms with Crippen LogP contribution in [-0.4, -0.2) is 27.6 Å². The summed E-state index contributed by atoms with van der Waals surface area (Å²) >= 11 is 0. The van der Waals surface area contributed by atoms with E-state index in [9.17, 15) is 14.7 Å². The van der Waals surface area contributed by atoms with Gasteiger partial charge in [0, 0.05) is 18.3 Å². The van der Waals surface area contributed by atoms with Crippen LogP contribution in [-0.2, 0) is 9.59 Å². The number of carboxylic acids is 1. The standard InChI is InChI=1S/C21H32O4/c1-3-4-9-15-21(2,25)16-14-17-12-13-19(22)18(17)10-7-5-6-8-11-20(23)24/h5,7,12-14,16-18,25H,3-4,6,8-11,15H2,1-2H3,(H,23,24)/t17-,18-,21-/m1/s1. The van der Waals surface area contributed by atoms with Gasteiger partial charge in [0.05, 0.1) is 5.60 Å². The largest absolute Gasteiger partial charge is 0.481 e. The lowest BCUT2D eigenvalue weighted by Crippen LogP contribution is -2.21. The van der Waals surface area contributed by atoms with Gasteiger partial charge in [-0.05, 0) is 38.7 Å². The minimum absolute atomic E-state index is 0.0221. The average molecular weight is 348 g/mol. The van der Waals surface area contributed by atoms with Crippen molar-refractivity contribution in [1.29, 1.82) is 0 Å². The van der Waals surface area contributed by atoms with E-state index in [2.05, 4.69) is 6.92 Å². The third-order valence-electron chi connectivity index (χ3n) is 4.59. The molecule has 3 atom stereocenters. The van der Waals surface area contributed by atoms with E-state index in [1.54, 1.807) is 6.08 Å². The number of rotatable bonds is 12. The maximum Gasteiger partial charge on any atom is 0.303 e. The number of carbonyl (C=O) groups is 2. The molecule has 0 saturated carbocycles. The van der Waals surface area contributed by atoms with Crippen molar-refractivity contribution in [3.8, 4) is 0 Å². The lowest BCUT2D eigenvalue weighted by molar-refractivity contribution is -0.137. The van der Waals surface area contributed by atoms with Crippen LogP contribution in [0.2, 0.25) is 0 Å². The number of allylic oxidation sites excluding steroid dienone is 5. The highest BCUT2D eigenvalue weighted by Gasteiger charge is 2.28. The Morgan fingerprint density at radius 3 is 2.72 bits per heavy atom. The Bertz CT molecular complexity index is 514. The molecule has 4 heteroatoms. The maximum atomic E-state index is 12.0. The van der Waals surface area contributed by atoms with Crippen LogP contribution in [0.5, 0.6) is 0 Å². The Balaban J connectivity index is 2.48. The quantitative estimate of drug-likeness (QED) is 0.404. The van der Waals surface area contributed by atoms with Crippen molar-refractivity contribution in [2.75, 3.05) is 0 Å². The van der Waals surface area contributed by atoms with Crippen LogP contribution in [0.15, 0.2) is 36.5 Å². The van der Waals surface area contributed by atoms with Gasteiger partial charge in [0.15, 0.2) is 5.78 Å². The van der Waals surface area contributed by atoms with E-state index in [1.165, 1.54) is 0 Å². The first kappa shape index (κ1) is 21.4. The van der Waals surface area contributed by atoms with Crippen molar-refractivity contribution in [3.63, 3.8) is 0 Å². The summed E-state index contributed by atoms with van der Waals surface area (Å²) in [5.74, 6) is -0.748. The van der Waals surface area contributed by atoms with Gasteiger partial charge in [-0.25, -0.2) is 0 Å². The van der Waals surface area contributed by atoms with E-state index < -0.39 is 11.6 Å². The predicted octanol–water partition coefficient (Wildman–Crippen LogP) is 4.45. The van der Waals surface area contributed by atoms with Crippen molar-refractivity contribution in [2.45, 2.75) is 70.8 Å². The van der Waals surface area contributed by atoms with Crippen LogP contribution in [0.1, 0.15) is 65.2 Å². The van der Waals surface area contributed by atoms with E-state index in [1.807, 2.05) is 37.3 Å². The van der Waals surface area contributed by atoms with Gasteiger partial charge in [-0.3, -0.25) is 9.59 Å². The molecule has 0 aromatic heterocycles. The Morgan fingerprint density at radius 2 is 2.04 bits per heavy atom. The molecule has 0 bridgehead atoms. The summed E-state index contributed by atoms with van der Waals surface area (Å²) in [4.78, 5) is 22.5. The molecule has 1 aliphatic carbocycles. The second-order valence-electron chi connectivity index (χ2n) is 7.11. The first-order valence-electron chi connectivity index (χ1n) is 9.36. The second-order valence-corrected chi connectivity index (χ2v) is 7.11. The molecule has 1 rings (SSSR count). The molecule has 0 unspecified atom stereocenters. The van der Waals surface area contributed by atoms with Gasteiger partial charge in [0.2, 0.25) is 0 Å². The summed E-state index contributed by atoms with van der Waals surface area (Å²) in [6.07, 6.45) is 17.4. The number of hydrogen-bond donors (Lipinski definition) is 2. The van der Waals surface area contributed by atoms with Crippen LogP contribution in [0.3, 0.4) is 0 Å². The lowest BCUT2D eigenvalue weighted by Gasteiger charge is -2.20. The van der Waals surface area contributed by atoms with Crippen LogP contribution in [0.25, 0.3) is 0 Å². The van der Waals surface area contributed by atoms with Crippen LogP contribution >= 0.6 is 0 Å². The SMILES string of the molecule is CCCCC[C@@](C)(O)C=C[C@H]1C=CC(=O)[C@@H]1CC=CCCCC(=O)O. The number of aliphatic hydroxyl groups is 1. The highest BCUT2D eigenvalue weighted by atomic mass is 16.4. The fourth-order valence-corrected chi connectivity index (χ4v) is 2.99. The zero-order chi connectivity index (χ0) is 18.7. The van der Waals surface area contributed by atoms with Crippen LogP contribution < -0.4 is 0 Å². The summed E-state index contributed by atoms with van der Waals surface area (Å²) in [6.45, 7) is 3.95. The topological polar surface area (TPSA) is 74.6 Å². The van der Waals surface area contributed by atoms with Gasteiger partial charge >= 0.3 is 5.97 Å². The predicted molar refractivity (Wildman–Crippen MR) is 100 cm³/mol. The van der Waals surface area contributed by atoms with E-state index in [0.29, 0.717) is 19.3 Å². The summed E-state index contributed by atoms with van der Waals surface area (Å²) in [7, 11) is 0. The molecule has 0 amide bonds. The number of ketones is 1. The van der Waals surface area contributed by atoms with Crippen LogP contribution in [0, 0.1) is 11.8 Å². The Kier molecular flexibility index (Phi) is 9.43. The third kappa shape index (κ3) is 8.82. The molecule has 140 valence electrons. The van der Waals surface area contributed by atoms with Gasteiger partial charge in [-0.2, -0.15) is 0 Å². The smallest absolute Gasteiger partial charge is 0.303 e. The van der Waals surface area contributed by atoms with Crippen molar-refractivity contribution in [1.82, 2.24) is 0 Å². The highest BCUT2D eigenvalue weighted by Crippen LogP contribution is 2.28.